The summed E-state index contributed by atoms with van der Waals surface area (Å²) in [4.78, 5) is 4.42. The molecule has 0 aromatic carbocycles. The molecule has 12 heavy (non-hydrogen) atoms. The van der Waals surface area contributed by atoms with Gasteiger partial charge in [0, 0.05) is 6.54 Å². The molecule has 0 saturated heterocycles. The molecule has 1 aliphatic heterocycles. The summed E-state index contributed by atoms with van der Waals surface area (Å²) in [6.45, 7) is 3.27. The molecule has 0 aromatic heterocycles. The topological polar surface area (TPSA) is 24.4 Å². The molecule has 0 fully saturated rings. The number of unbranched alkanes of at least 4 members (excludes halogenated alkanes) is 2. The van der Waals surface area contributed by atoms with E-state index < -0.39 is 0 Å². The largest absolute Gasteiger partial charge is 0.365 e. The van der Waals surface area contributed by atoms with Crippen LogP contribution in [0, 0.1) is 0 Å². The molecule has 1 unspecified atom stereocenters. The fourth-order valence-corrected chi connectivity index (χ4v) is 1.75. The number of aliphatic imine (C=N–C) groups is 1. The summed E-state index contributed by atoms with van der Waals surface area (Å²) in [6, 6.07) is 0.533. The zero-order valence-electron chi connectivity index (χ0n) is 7.71. The van der Waals surface area contributed by atoms with Crippen LogP contribution in [0.15, 0.2) is 4.99 Å². The van der Waals surface area contributed by atoms with Gasteiger partial charge in [-0.25, -0.2) is 0 Å². The summed E-state index contributed by atoms with van der Waals surface area (Å²) in [7, 11) is 0. The van der Waals surface area contributed by atoms with Crippen LogP contribution < -0.4 is 5.32 Å². The minimum atomic E-state index is 0.533. The second-order valence-corrected chi connectivity index (χ2v) is 3.74. The van der Waals surface area contributed by atoms with Gasteiger partial charge in [-0.15, -0.1) is 12.6 Å². The van der Waals surface area contributed by atoms with Gasteiger partial charge in [-0.3, -0.25) is 4.99 Å². The van der Waals surface area contributed by atoms with Gasteiger partial charge in [-0.2, -0.15) is 0 Å². The van der Waals surface area contributed by atoms with Crippen LogP contribution in [0.2, 0.25) is 0 Å². The van der Waals surface area contributed by atoms with Crippen molar-refractivity contribution in [3.8, 4) is 0 Å². The predicted octanol–water partition coefficient (Wildman–Crippen LogP) is 2.21. The highest BCUT2D eigenvalue weighted by molar-refractivity contribution is 7.96. The maximum atomic E-state index is 4.42. The molecule has 2 nitrogen and oxygen atoms in total. The van der Waals surface area contributed by atoms with Crippen molar-refractivity contribution >= 4 is 17.8 Å². The van der Waals surface area contributed by atoms with Crippen LogP contribution in [0.3, 0.4) is 0 Å². The molecule has 0 aliphatic carbocycles. The third-order valence-corrected chi connectivity index (χ3v) is 2.48. The molecular formula is C9H18N2S. The van der Waals surface area contributed by atoms with E-state index in [1.807, 2.05) is 0 Å². The normalized spacial score (nSPS) is 23.2. The molecule has 0 saturated carbocycles. The molecule has 0 bridgehead atoms. The molecule has 3 heteroatoms. The van der Waals surface area contributed by atoms with Crippen molar-refractivity contribution in [1.82, 2.24) is 5.32 Å². The van der Waals surface area contributed by atoms with E-state index in [0.717, 1.165) is 11.7 Å². The first-order chi connectivity index (χ1) is 5.83. The second kappa shape index (κ2) is 5.46. The summed E-state index contributed by atoms with van der Waals surface area (Å²) in [5.41, 5.74) is 0. The summed E-state index contributed by atoms with van der Waals surface area (Å²) in [5.74, 6) is 0. The Kier molecular flexibility index (Phi) is 4.51. The third-order valence-electron chi connectivity index (χ3n) is 2.21. The van der Waals surface area contributed by atoms with E-state index in [-0.39, 0.29) is 0 Å². The monoisotopic (exact) mass is 186 g/mol. The minimum Gasteiger partial charge on any atom is -0.365 e. The predicted molar refractivity (Wildman–Crippen MR) is 57.0 cm³/mol. The first kappa shape index (κ1) is 9.90. The van der Waals surface area contributed by atoms with Crippen molar-refractivity contribution < 1.29 is 0 Å². The Morgan fingerprint density at radius 2 is 2.42 bits per heavy atom. The first-order valence-corrected chi connectivity index (χ1v) is 5.28. The smallest absolute Gasteiger partial charge is 0.153 e. The highest BCUT2D eigenvalue weighted by Gasteiger charge is 2.11. The van der Waals surface area contributed by atoms with Gasteiger partial charge < -0.3 is 5.32 Å². The lowest BCUT2D eigenvalue weighted by Crippen LogP contribution is -2.30. The van der Waals surface area contributed by atoms with Crippen LogP contribution in [0.25, 0.3) is 0 Å². The maximum absolute atomic E-state index is 4.42. The quantitative estimate of drug-likeness (QED) is 0.510. The summed E-state index contributed by atoms with van der Waals surface area (Å²) < 4.78 is 0. The van der Waals surface area contributed by atoms with Crippen LogP contribution in [0.4, 0.5) is 0 Å². The van der Waals surface area contributed by atoms with E-state index in [1.165, 1.54) is 32.1 Å². The fraction of sp³-hybridized carbons (Fsp3) is 0.889. The number of thiol groups is 1. The Morgan fingerprint density at radius 3 is 3.08 bits per heavy atom. The fourth-order valence-electron chi connectivity index (χ4n) is 1.47. The standard InChI is InChI=1S/C9H18N2S/c1-2-3-4-5-8-6-7-10-9(12)11-8/h8H,2-7H2,1H3,(H2,10,11,12). The summed E-state index contributed by atoms with van der Waals surface area (Å²) in [5, 5.41) is 3.94. The second-order valence-electron chi connectivity index (χ2n) is 3.32. The van der Waals surface area contributed by atoms with E-state index in [9.17, 15) is 0 Å². The number of nitrogens with zero attached hydrogens (tertiary/aromatic N) is 1. The third kappa shape index (κ3) is 3.48. The van der Waals surface area contributed by atoms with Crippen molar-refractivity contribution in [2.75, 3.05) is 6.54 Å². The van der Waals surface area contributed by atoms with E-state index in [4.69, 9.17) is 0 Å². The molecule has 0 amide bonds. The lowest BCUT2D eigenvalue weighted by atomic mass is 10.1. The first-order valence-electron chi connectivity index (χ1n) is 4.83. The molecule has 1 N–H and O–H groups in total. The van der Waals surface area contributed by atoms with Crippen LogP contribution in [0.1, 0.15) is 39.0 Å². The van der Waals surface area contributed by atoms with E-state index in [2.05, 4.69) is 29.9 Å². The van der Waals surface area contributed by atoms with Gasteiger partial charge in [-0.1, -0.05) is 26.2 Å². The number of nitrogens with one attached hydrogen (secondary N) is 1. The van der Waals surface area contributed by atoms with Gasteiger partial charge in [0.2, 0.25) is 0 Å². The lowest BCUT2D eigenvalue weighted by molar-refractivity contribution is 0.513. The minimum absolute atomic E-state index is 0.533. The highest BCUT2D eigenvalue weighted by Crippen LogP contribution is 2.12. The average Bonchev–Trinajstić information content (AvgIpc) is 2.05. The molecule has 1 heterocycles. The SMILES string of the molecule is CCCCCC1CCNC(S)=N1. The molecule has 1 atom stereocenters. The Balaban J connectivity index is 2.18. The maximum Gasteiger partial charge on any atom is 0.153 e. The average molecular weight is 186 g/mol. The zero-order valence-corrected chi connectivity index (χ0v) is 8.61. The van der Waals surface area contributed by atoms with Crippen LogP contribution in [-0.4, -0.2) is 17.8 Å². The van der Waals surface area contributed by atoms with Crippen LogP contribution >= 0.6 is 12.6 Å². The van der Waals surface area contributed by atoms with Gasteiger partial charge in [0.15, 0.2) is 5.17 Å². The van der Waals surface area contributed by atoms with Crippen molar-refractivity contribution in [3.05, 3.63) is 0 Å². The van der Waals surface area contributed by atoms with Crippen molar-refractivity contribution in [3.63, 3.8) is 0 Å². The number of hydrogen-bond acceptors (Lipinski definition) is 2. The van der Waals surface area contributed by atoms with E-state index in [0.29, 0.717) is 6.04 Å². The van der Waals surface area contributed by atoms with Gasteiger partial charge in [-0.05, 0) is 12.8 Å². The molecular weight excluding hydrogens is 168 g/mol. The van der Waals surface area contributed by atoms with Crippen LogP contribution in [-0.2, 0) is 0 Å². The van der Waals surface area contributed by atoms with Gasteiger partial charge in [0.05, 0.1) is 6.04 Å². The van der Waals surface area contributed by atoms with Gasteiger partial charge in [0.1, 0.15) is 0 Å². The molecule has 0 spiro atoms. The van der Waals surface area contributed by atoms with Gasteiger partial charge in [0.25, 0.3) is 0 Å². The van der Waals surface area contributed by atoms with Crippen molar-refractivity contribution in [2.45, 2.75) is 45.1 Å². The molecule has 1 aliphatic rings. The molecule has 1 rings (SSSR count). The Bertz CT molecular complexity index is 157. The Morgan fingerprint density at radius 1 is 1.58 bits per heavy atom. The van der Waals surface area contributed by atoms with Crippen molar-refractivity contribution in [1.29, 1.82) is 0 Å². The zero-order chi connectivity index (χ0) is 8.81. The lowest BCUT2D eigenvalue weighted by Gasteiger charge is -2.19. The Labute approximate surface area is 80.3 Å². The number of hydrogen-bond donors (Lipinski definition) is 2. The number of rotatable bonds is 4. The van der Waals surface area contributed by atoms with E-state index in [1.54, 1.807) is 0 Å². The van der Waals surface area contributed by atoms with Gasteiger partial charge >= 0.3 is 0 Å². The molecule has 70 valence electrons. The van der Waals surface area contributed by atoms with Crippen LogP contribution in [0.5, 0.6) is 0 Å². The van der Waals surface area contributed by atoms with Crippen molar-refractivity contribution in [2.24, 2.45) is 4.99 Å². The summed E-state index contributed by atoms with van der Waals surface area (Å²) in [6.07, 6.45) is 6.35. The molecule has 0 aromatic rings. The van der Waals surface area contributed by atoms with E-state index >= 15 is 0 Å². The molecule has 0 radical (unpaired) electrons. The number of amidine groups is 1. The summed E-state index contributed by atoms with van der Waals surface area (Å²) >= 11 is 4.20. The highest BCUT2D eigenvalue weighted by atomic mass is 32.1. The Hall–Kier alpha value is -0.180.